The summed E-state index contributed by atoms with van der Waals surface area (Å²) < 4.78 is 5.21. The largest absolute Gasteiger partial charge is 0.497 e. The number of hydrogen-bond acceptors (Lipinski definition) is 5. The minimum atomic E-state index is 0.785. The van der Waals surface area contributed by atoms with Crippen LogP contribution in [0.2, 0.25) is 0 Å². The lowest BCUT2D eigenvalue weighted by molar-refractivity contribution is 0.415. The van der Waals surface area contributed by atoms with Crippen LogP contribution in [0.3, 0.4) is 0 Å². The molecule has 0 saturated heterocycles. The first kappa shape index (κ1) is 13.1. The van der Waals surface area contributed by atoms with Crippen LogP contribution in [-0.4, -0.2) is 23.3 Å². The number of benzene rings is 1. The summed E-state index contributed by atoms with van der Waals surface area (Å²) in [5.74, 6) is 0.785. The fraction of sp³-hybridized carbons (Fsp3) is 0.0625. The van der Waals surface area contributed by atoms with Crippen molar-refractivity contribution in [2.45, 2.75) is 0 Å². The molecule has 0 fully saturated rings. The molecule has 0 aliphatic carbocycles. The van der Waals surface area contributed by atoms with E-state index in [1.807, 2.05) is 36.4 Å². The van der Waals surface area contributed by atoms with Gasteiger partial charge in [-0.3, -0.25) is 15.4 Å². The predicted octanol–water partition coefficient (Wildman–Crippen LogP) is 3.08. The Hall–Kier alpha value is -2.95. The van der Waals surface area contributed by atoms with Gasteiger partial charge >= 0.3 is 0 Å². The highest BCUT2D eigenvalue weighted by Gasteiger charge is 2.02. The number of anilines is 1. The van der Waals surface area contributed by atoms with Gasteiger partial charge in [0, 0.05) is 30.0 Å². The van der Waals surface area contributed by atoms with E-state index in [0.717, 1.165) is 27.9 Å². The first-order chi connectivity index (χ1) is 10.4. The van der Waals surface area contributed by atoms with Gasteiger partial charge in [-0.25, -0.2) is 0 Å². The predicted molar refractivity (Wildman–Crippen MR) is 83.7 cm³/mol. The SMILES string of the molecule is COc1ccc2c(N/N=C/c3ccncc3)ccnc2c1. The van der Waals surface area contributed by atoms with Crippen LogP contribution in [0.1, 0.15) is 5.56 Å². The van der Waals surface area contributed by atoms with Crippen LogP contribution in [0.25, 0.3) is 10.9 Å². The number of rotatable bonds is 4. The molecule has 0 saturated carbocycles. The van der Waals surface area contributed by atoms with Crippen LogP contribution in [0, 0.1) is 0 Å². The van der Waals surface area contributed by atoms with Gasteiger partial charge in [0.05, 0.1) is 24.5 Å². The van der Waals surface area contributed by atoms with Gasteiger partial charge < -0.3 is 4.74 Å². The molecule has 21 heavy (non-hydrogen) atoms. The van der Waals surface area contributed by atoms with Crippen molar-refractivity contribution in [3.8, 4) is 5.75 Å². The Morgan fingerprint density at radius 2 is 1.95 bits per heavy atom. The van der Waals surface area contributed by atoms with E-state index in [4.69, 9.17) is 4.74 Å². The standard InChI is InChI=1S/C16H14N4O/c1-21-13-2-3-14-15(6-9-18-16(14)10-13)20-19-11-12-4-7-17-8-5-12/h2-11H,1H3,(H,18,20)/b19-11+. The Balaban J connectivity index is 1.85. The number of fused-ring (bicyclic) bond motifs is 1. The lowest BCUT2D eigenvalue weighted by atomic mass is 10.2. The number of pyridine rings is 2. The maximum Gasteiger partial charge on any atom is 0.121 e. The molecule has 2 aromatic heterocycles. The van der Waals surface area contributed by atoms with Gasteiger partial charge in [0.25, 0.3) is 0 Å². The van der Waals surface area contributed by atoms with Crippen LogP contribution in [0.5, 0.6) is 5.75 Å². The van der Waals surface area contributed by atoms with Crippen molar-refractivity contribution in [1.82, 2.24) is 9.97 Å². The number of hydrogen-bond donors (Lipinski definition) is 1. The number of ether oxygens (including phenoxy) is 1. The highest BCUT2D eigenvalue weighted by Crippen LogP contribution is 2.25. The highest BCUT2D eigenvalue weighted by atomic mass is 16.5. The third-order valence-electron chi connectivity index (χ3n) is 3.05. The maximum absolute atomic E-state index is 5.21. The fourth-order valence-corrected chi connectivity index (χ4v) is 1.98. The van der Waals surface area contributed by atoms with Crippen LogP contribution >= 0.6 is 0 Å². The van der Waals surface area contributed by atoms with Gasteiger partial charge in [0.2, 0.25) is 0 Å². The van der Waals surface area contributed by atoms with E-state index in [-0.39, 0.29) is 0 Å². The van der Waals surface area contributed by atoms with E-state index in [1.54, 1.807) is 31.9 Å². The van der Waals surface area contributed by atoms with Gasteiger partial charge in [-0.15, -0.1) is 0 Å². The first-order valence-corrected chi connectivity index (χ1v) is 6.49. The molecule has 1 N–H and O–H groups in total. The van der Waals surface area contributed by atoms with Crippen LogP contribution in [-0.2, 0) is 0 Å². The molecule has 104 valence electrons. The molecule has 0 aliphatic rings. The van der Waals surface area contributed by atoms with Crippen molar-refractivity contribution in [3.63, 3.8) is 0 Å². The minimum Gasteiger partial charge on any atom is -0.497 e. The molecule has 1 aromatic carbocycles. The number of hydrazone groups is 1. The molecule has 0 radical (unpaired) electrons. The number of methoxy groups -OCH3 is 1. The summed E-state index contributed by atoms with van der Waals surface area (Å²) in [4.78, 5) is 8.30. The zero-order valence-corrected chi connectivity index (χ0v) is 11.5. The molecule has 5 nitrogen and oxygen atoms in total. The Bertz CT molecular complexity index is 772. The molecule has 5 heteroatoms. The van der Waals surface area contributed by atoms with E-state index in [9.17, 15) is 0 Å². The van der Waals surface area contributed by atoms with Crippen molar-refractivity contribution >= 4 is 22.8 Å². The molecule has 0 spiro atoms. The van der Waals surface area contributed by atoms with E-state index in [1.165, 1.54) is 0 Å². The number of nitrogens with one attached hydrogen (secondary N) is 1. The fourth-order valence-electron chi connectivity index (χ4n) is 1.98. The summed E-state index contributed by atoms with van der Waals surface area (Å²) >= 11 is 0. The van der Waals surface area contributed by atoms with Gasteiger partial charge in [-0.05, 0) is 35.9 Å². The summed E-state index contributed by atoms with van der Waals surface area (Å²) in [6, 6.07) is 11.4. The summed E-state index contributed by atoms with van der Waals surface area (Å²) in [6.07, 6.45) is 6.95. The Morgan fingerprint density at radius 1 is 1.10 bits per heavy atom. The van der Waals surface area contributed by atoms with E-state index in [2.05, 4.69) is 20.5 Å². The molecular formula is C16H14N4O. The molecule has 3 aromatic rings. The van der Waals surface area contributed by atoms with E-state index >= 15 is 0 Å². The van der Waals surface area contributed by atoms with Crippen molar-refractivity contribution < 1.29 is 4.74 Å². The molecule has 0 aliphatic heterocycles. The van der Waals surface area contributed by atoms with Crippen LogP contribution in [0.15, 0.2) is 60.1 Å². The smallest absolute Gasteiger partial charge is 0.121 e. The normalized spacial score (nSPS) is 10.9. The molecular weight excluding hydrogens is 264 g/mol. The average Bonchev–Trinajstić information content (AvgIpc) is 2.55. The quantitative estimate of drug-likeness (QED) is 0.588. The zero-order valence-electron chi connectivity index (χ0n) is 11.5. The lowest BCUT2D eigenvalue weighted by Gasteiger charge is -2.06. The Labute approximate surface area is 122 Å². The second kappa shape index (κ2) is 6.00. The van der Waals surface area contributed by atoms with Gasteiger partial charge in [-0.1, -0.05) is 0 Å². The van der Waals surface area contributed by atoms with Crippen molar-refractivity contribution in [3.05, 3.63) is 60.6 Å². The summed E-state index contributed by atoms with van der Waals surface area (Å²) in [6.45, 7) is 0. The molecule has 2 heterocycles. The summed E-state index contributed by atoms with van der Waals surface area (Å²) in [5.41, 5.74) is 5.78. The summed E-state index contributed by atoms with van der Waals surface area (Å²) in [7, 11) is 1.64. The highest BCUT2D eigenvalue weighted by molar-refractivity contribution is 5.92. The van der Waals surface area contributed by atoms with Gasteiger partial charge in [0.1, 0.15) is 5.75 Å². The first-order valence-electron chi connectivity index (χ1n) is 6.49. The van der Waals surface area contributed by atoms with Crippen LogP contribution in [0.4, 0.5) is 5.69 Å². The van der Waals surface area contributed by atoms with Crippen LogP contribution < -0.4 is 10.2 Å². The second-order valence-electron chi connectivity index (χ2n) is 4.39. The Kier molecular flexibility index (Phi) is 3.73. The third-order valence-corrected chi connectivity index (χ3v) is 3.05. The second-order valence-corrected chi connectivity index (χ2v) is 4.39. The van der Waals surface area contributed by atoms with E-state index in [0.29, 0.717) is 0 Å². The van der Waals surface area contributed by atoms with Crippen molar-refractivity contribution in [1.29, 1.82) is 0 Å². The van der Waals surface area contributed by atoms with Gasteiger partial charge in [0.15, 0.2) is 0 Å². The molecule has 0 unspecified atom stereocenters. The minimum absolute atomic E-state index is 0.785. The Morgan fingerprint density at radius 3 is 2.76 bits per heavy atom. The zero-order chi connectivity index (χ0) is 14.5. The lowest BCUT2D eigenvalue weighted by Crippen LogP contribution is -1.93. The van der Waals surface area contributed by atoms with Crippen molar-refractivity contribution in [2.24, 2.45) is 5.10 Å². The molecule has 0 atom stereocenters. The molecule has 0 bridgehead atoms. The van der Waals surface area contributed by atoms with E-state index < -0.39 is 0 Å². The third kappa shape index (κ3) is 2.97. The molecule has 0 amide bonds. The monoisotopic (exact) mass is 278 g/mol. The topological polar surface area (TPSA) is 59.4 Å². The maximum atomic E-state index is 5.21. The number of nitrogens with zero attached hydrogens (tertiary/aromatic N) is 3. The van der Waals surface area contributed by atoms with Crippen molar-refractivity contribution in [2.75, 3.05) is 12.5 Å². The number of aromatic nitrogens is 2. The average molecular weight is 278 g/mol. The molecule has 3 rings (SSSR count). The van der Waals surface area contributed by atoms with Gasteiger partial charge in [-0.2, -0.15) is 5.10 Å². The summed E-state index contributed by atoms with van der Waals surface area (Å²) in [5, 5.41) is 5.23.